The average Bonchev–Trinajstić information content (AvgIpc) is 3.13. The number of hydrogen-bond donors (Lipinski definition) is 2. The van der Waals surface area contributed by atoms with Crippen LogP contribution in [0.2, 0.25) is 0 Å². The Labute approximate surface area is 170 Å². The van der Waals surface area contributed by atoms with Gasteiger partial charge in [-0.2, -0.15) is 0 Å². The van der Waals surface area contributed by atoms with E-state index < -0.39 is 6.09 Å². The lowest BCUT2D eigenvalue weighted by Crippen LogP contribution is -2.30. The molecule has 1 unspecified atom stereocenters. The second kappa shape index (κ2) is 8.43. The van der Waals surface area contributed by atoms with Gasteiger partial charge in [0.25, 0.3) is 0 Å². The van der Waals surface area contributed by atoms with Crippen molar-refractivity contribution in [3.63, 3.8) is 0 Å². The zero-order valence-electron chi connectivity index (χ0n) is 16.3. The lowest BCUT2D eigenvalue weighted by molar-refractivity contribution is 0.105. The summed E-state index contributed by atoms with van der Waals surface area (Å²) in [5.41, 5.74) is 7.93. The molecule has 1 atom stereocenters. The third-order valence-electron chi connectivity index (χ3n) is 5.35. The lowest BCUT2D eigenvalue weighted by atomic mass is 10.1. The number of carbonyl (C=O) groups is 1. The predicted octanol–water partition coefficient (Wildman–Crippen LogP) is 3.37. The fraction of sp³-hybridized carbons (Fsp3) is 0.364. The number of nitrogens with one attached hydrogen (secondary N) is 1. The first-order valence-electron chi connectivity index (χ1n) is 10.0. The van der Waals surface area contributed by atoms with E-state index in [4.69, 9.17) is 20.6 Å². The molecule has 29 heavy (non-hydrogen) atoms. The van der Waals surface area contributed by atoms with Crippen molar-refractivity contribution < 1.29 is 14.3 Å². The van der Waals surface area contributed by atoms with Crippen LogP contribution in [0.25, 0.3) is 0 Å². The van der Waals surface area contributed by atoms with Crippen LogP contribution >= 0.6 is 0 Å². The summed E-state index contributed by atoms with van der Waals surface area (Å²) in [7, 11) is 0. The number of rotatable bonds is 6. The molecule has 2 fully saturated rings. The highest BCUT2D eigenvalue weighted by atomic mass is 16.6. The van der Waals surface area contributed by atoms with Gasteiger partial charge >= 0.3 is 6.09 Å². The molecule has 1 amide bonds. The highest BCUT2D eigenvalue weighted by molar-refractivity contribution is 5.96. The maximum absolute atomic E-state index is 12.3. The lowest BCUT2D eigenvalue weighted by Gasteiger charge is -2.30. The Kier molecular flexibility index (Phi) is 5.55. The number of nitrogen functional groups attached to an aromatic ring is 1. The number of hydrogen-bond acceptors (Lipinski definition) is 5. The van der Waals surface area contributed by atoms with E-state index >= 15 is 0 Å². The van der Waals surface area contributed by atoms with Gasteiger partial charge in [0.1, 0.15) is 18.2 Å². The van der Waals surface area contributed by atoms with Gasteiger partial charge in [0.05, 0.1) is 12.2 Å². The minimum atomic E-state index is -0.390. The van der Waals surface area contributed by atoms with E-state index in [1.54, 1.807) is 29.2 Å². The van der Waals surface area contributed by atoms with Crippen molar-refractivity contribution in [2.75, 3.05) is 36.0 Å². The normalized spacial score (nSPS) is 19.2. The number of nitrogens with zero attached hydrogens (tertiary/aromatic N) is 2. The highest BCUT2D eigenvalue weighted by Crippen LogP contribution is 2.31. The Bertz CT molecular complexity index is 878. The molecular weight excluding hydrogens is 368 g/mol. The summed E-state index contributed by atoms with van der Waals surface area (Å²) in [5.74, 6) is 0.828. The first-order valence-corrected chi connectivity index (χ1v) is 10.0. The highest BCUT2D eigenvalue weighted by Gasteiger charge is 2.33. The molecule has 2 aliphatic rings. The summed E-state index contributed by atoms with van der Waals surface area (Å²) in [6, 6.07) is 15.0. The second-order valence-corrected chi connectivity index (χ2v) is 7.40. The summed E-state index contributed by atoms with van der Waals surface area (Å²) < 4.78 is 11.6. The summed E-state index contributed by atoms with van der Waals surface area (Å²) in [4.78, 5) is 16.2. The molecule has 3 N–H and O–H groups in total. The summed E-state index contributed by atoms with van der Waals surface area (Å²) in [6.45, 7) is 2.81. The molecule has 2 saturated heterocycles. The molecule has 2 aromatic carbocycles. The molecule has 2 heterocycles. The Balaban J connectivity index is 1.39. The van der Waals surface area contributed by atoms with Crippen LogP contribution in [-0.4, -0.2) is 44.3 Å². The molecule has 0 radical (unpaired) electrons. The molecule has 152 valence electrons. The fourth-order valence-electron chi connectivity index (χ4n) is 3.80. The number of amidine groups is 1. The Morgan fingerprint density at radius 3 is 2.55 bits per heavy atom. The second-order valence-electron chi connectivity index (χ2n) is 7.40. The number of benzene rings is 2. The minimum absolute atomic E-state index is 0.000745. The zero-order valence-corrected chi connectivity index (χ0v) is 16.3. The molecule has 2 aliphatic heterocycles. The number of piperidine rings is 1. The van der Waals surface area contributed by atoms with Gasteiger partial charge in [-0.15, -0.1) is 0 Å². The van der Waals surface area contributed by atoms with Gasteiger partial charge < -0.3 is 20.1 Å². The van der Waals surface area contributed by atoms with E-state index in [1.807, 2.05) is 18.2 Å². The van der Waals surface area contributed by atoms with Crippen molar-refractivity contribution in [2.24, 2.45) is 5.73 Å². The van der Waals surface area contributed by atoms with Crippen molar-refractivity contribution >= 4 is 23.3 Å². The van der Waals surface area contributed by atoms with E-state index in [-0.39, 0.29) is 11.9 Å². The third kappa shape index (κ3) is 4.29. The standard InChI is InChI=1S/C22H26N4O3/c23-21(24)16-8-10-17(11-9-16)26-14-18(29-22(26)27)15-28-20-7-3-2-6-19(20)25-12-4-1-5-13-25/h2-3,6-11,18H,1,4-5,12-15H2,(H3,23,24). The van der Waals surface area contributed by atoms with Crippen LogP contribution in [0.4, 0.5) is 16.2 Å². The van der Waals surface area contributed by atoms with Gasteiger partial charge in [0, 0.05) is 24.3 Å². The monoisotopic (exact) mass is 394 g/mol. The van der Waals surface area contributed by atoms with Crippen molar-refractivity contribution in [1.29, 1.82) is 5.41 Å². The molecule has 0 spiro atoms. The Hall–Kier alpha value is -3.22. The number of nitrogens with two attached hydrogens (primary N) is 1. The van der Waals surface area contributed by atoms with Crippen LogP contribution < -0.4 is 20.3 Å². The summed E-state index contributed by atoms with van der Waals surface area (Å²) >= 11 is 0. The Morgan fingerprint density at radius 2 is 1.83 bits per heavy atom. The van der Waals surface area contributed by atoms with E-state index in [9.17, 15) is 4.79 Å². The first-order chi connectivity index (χ1) is 14.1. The van der Waals surface area contributed by atoms with Gasteiger partial charge in [-0.25, -0.2) is 4.79 Å². The van der Waals surface area contributed by atoms with Crippen LogP contribution in [0.3, 0.4) is 0 Å². The van der Waals surface area contributed by atoms with Crippen LogP contribution in [0.15, 0.2) is 48.5 Å². The predicted molar refractivity (Wildman–Crippen MR) is 113 cm³/mol. The number of ether oxygens (including phenoxy) is 2. The van der Waals surface area contributed by atoms with E-state index in [2.05, 4.69) is 11.0 Å². The topological polar surface area (TPSA) is 91.9 Å². The average molecular weight is 394 g/mol. The molecule has 0 aliphatic carbocycles. The molecule has 0 saturated carbocycles. The quantitative estimate of drug-likeness (QED) is 0.579. The van der Waals surface area contributed by atoms with Gasteiger partial charge in [-0.05, 0) is 55.7 Å². The van der Waals surface area contributed by atoms with Gasteiger partial charge in [-0.1, -0.05) is 12.1 Å². The van der Waals surface area contributed by atoms with Crippen molar-refractivity contribution in [3.8, 4) is 5.75 Å². The van der Waals surface area contributed by atoms with Crippen LogP contribution in [0, 0.1) is 5.41 Å². The van der Waals surface area contributed by atoms with Crippen molar-refractivity contribution in [2.45, 2.75) is 25.4 Å². The smallest absolute Gasteiger partial charge is 0.414 e. The molecule has 7 nitrogen and oxygen atoms in total. The number of amides is 1. The van der Waals surface area contributed by atoms with Crippen molar-refractivity contribution in [3.05, 3.63) is 54.1 Å². The largest absolute Gasteiger partial charge is 0.487 e. The zero-order chi connectivity index (χ0) is 20.2. The number of anilines is 2. The van der Waals surface area contributed by atoms with E-state index in [1.165, 1.54) is 19.3 Å². The van der Waals surface area contributed by atoms with Gasteiger partial charge in [0.15, 0.2) is 6.10 Å². The molecule has 0 aromatic heterocycles. The van der Waals surface area contributed by atoms with Crippen LogP contribution in [0.5, 0.6) is 5.75 Å². The van der Waals surface area contributed by atoms with Crippen LogP contribution in [-0.2, 0) is 4.74 Å². The summed E-state index contributed by atoms with van der Waals surface area (Å²) in [6.07, 6.45) is 2.95. The van der Waals surface area contributed by atoms with Gasteiger partial charge in [-0.3, -0.25) is 10.3 Å². The number of carbonyl (C=O) groups excluding carboxylic acids is 1. The molecule has 0 bridgehead atoms. The van der Waals surface area contributed by atoms with Gasteiger partial charge in [0.2, 0.25) is 0 Å². The van der Waals surface area contributed by atoms with E-state index in [0.29, 0.717) is 18.7 Å². The molecule has 4 rings (SSSR count). The van der Waals surface area contributed by atoms with Crippen LogP contribution in [0.1, 0.15) is 24.8 Å². The Morgan fingerprint density at radius 1 is 1.10 bits per heavy atom. The molecule has 2 aromatic rings. The maximum Gasteiger partial charge on any atom is 0.414 e. The molecular formula is C22H26N4O3. The first kappa shape index (κ1) is 19.1. The summed E-state index contributed by atoms with van der Waals surface area (Å²) in [5, 5.41) is 7.47. The minimum Gasteiger partial charge on any atom is -0.487 e. The fourth-order valence-corrected chi connectivity index (χ4v) is 3.80. The van der Waals surface area contributed by atoms with E-state index in [0.717, 1.165) is 30.2 Å². The number of cyclic esters (lactones) is 1. The third-order valence-corrected chi connectivity index (χ3v) is 5.35. The molecule has 7 heteroatoms. The number of para-hydroxylation sites is 2. The SMILES string of the molecule is N=C(N)c1ccc(N2CC(COc3ccccc3N3CCCCC3)OC2=O)cc1. The maximum atomic E-state index is 12.3. The van der Waals surface area contributed by atoms with Crippen molar-refractivity contribution in [1.82, 2.24) is 0 Å².